The highest BCUT2D eigenvalue weighted by Crippen LogP contribution is 2.52. The van der Waals surface area contributed by atoms with E-state index in [4.69, 9.17) is 0 Å². The molecule has 0 spiro atoms. The number of carbonyl (C=O) groups excluding carboxylic acids is 1. The zero-order valence-electron chi connectivity index (χ0n) is 14.1. The average molecular weight is 293 g/mol. The Labute approximate surface area is 129 Å². The number of hydrogen-bond acceptors (Lipinski definition) is 3. The van der Waals surface area contributed by atoms with E-state index in [0.29, 0.717) is 11.9 Å². The van der Waals surface area contributed by atoms with E-state index < -0.39 is 0 Å². The summed E-state index contributed by atoms with van der Waals surface area (Å²) in [5.41, 5.74) is 0. The molecular weight excluding hydrogens is 262 g/mol. The molecule has 1 saturated carbocycles. The summed E-state index contributed by atoms with van der Waals surface area (Å²) in [6, 6.07) is 0.712. The topological polar surface area (TPSA) is 26.8 Å². The highest BCUT2D eigenvalue weighted by atomic mass is 16.2. The Morgan fingerprint density at radius 2 is 1.57 bits per heavy atom. The molecule has 2 aliphatic heterocycles. The summed E-state index contributed by atoms with van der Waals surface area (Å²) < 4.78 is 0. The normalized spacial score (nSPS) is 33.8. The van der Waals surface area contributed by atoms with Crippen molar-refractivity contribution in [1.82, 2.24) is 14.7 Å². The third kappa shape index (κ3) is 3.11. The van der Waals surface area contributed by atoms with Crippen molar-refractivity contribution < 1.29 is 4.79 Å². The molecule has 3 atom stereocenters. The van der Waals surface area contributed by atoms with Crippen LogP contribution in [0.25, 0.3) is 0 Å². The molecule has 3 fully saturated rings. The molecule has 1 aliphatic carbocycles. The lowest BCUT2D eigenvalue weighted by molar-refractivity contribution is -0.136. The maximum Gasteiger partial charge on any atom is 0.225 e. The minimum atomic E-state index is 0.140. The molecule has 3 rings (SSSR count). The van der Waals surface area contributed by atoms with Gasteiger partial charge in [0.2, 0.25) is 5.91 Å². The molecule has 120 valence electrons. The fraction of sp³-hybridized carbons (Fsp3) is 0.941. The van der Waals surface area contributed by atoms with Crippen LogP contribution >= 0.6 is 0 Å². The molecule has 1 amide bonds. The van der Waals surface area contributed by atoms with Gasteiger partial charge in [0.05, 0.1) is 0 Å². The maximum atomic E-state index is 12.0. The molecule has 4 nitrogen and oxygen atoms in total. The second-order valence-electron chi connectivity index (χ2n) is 7.82. The zero-order chi connectivity index (χ0) is 15.1. The van der Waals surface area contributed by atoms with Crippen LogP contribution in [0.3, 0.4) is 0 Å². The van der Waals surface area contributed by atoms with Gasteiger partial charge < -0.3 is 9.80 Å². The smallest absolute Gasteiger partial charge is 0.225 e. The van der Waals surface area contributed by atoms with Crippen LogP contribution in [0.5, 0.6) is 0 Å². The molecule has 4 heteroatoms. The Hall–Kier alpha value is -0.610. The van der Waals surface area contributed by atoms with Gasteiger partial charge >= 0.3 is 0 Å². The molecule has 2 heterocycles. The van der Waals surface area contributed by atoms with E-state index in [1.165, 1.54) is 19.6 Å². The molecule has 0 aromatic rings. The lowest BCUT2D eigenvalue weighted by Crippen LogP contribution is -2.50. The van der Waals surface area contributed by atoms with E-state index in [1.54, 1.807) is 0 Å². The van der Waals surface area contributed by atoms with Gasteiger partial charge in [-0.15, -0.1) is 0 Å². The van der Waals surface area contributed by atoms with Crippen LogP contribution in [0.15, 0.2) is 0 Å². The predicted octanol–water partition coefficient (Wildman–Crippen LogP) is 1.37. The van der Waals surface area contributed by atoms with Crippen molar-refractivity contribution in [2.45, 2.75) is 33.7 Å². The van der Waals surface area contributed by atoms with Gasteiger partial charge in [0.15, 0.2) is 0 Å². The lowest BCUT2D eigenvalue weighted by Gasteiger charge is -2.36. The van der Waals surface area contributed by atoms with E-state index in [0.717, 1.165) is 43.9 Å². The Morgan fingerprint density at radius 3 is 2.05 bits per heavy atom. The van der Waals surface area contributed by atoms with Crippen LogP contribution in [-0.2, 0) is 4.79 Å². The number of hydrogen-bond donors (Lipinski definition) is 0. The summed E-state index contributed by atoms with van der Waals surface area (Å²) in [5, 5.41) is 0. The summed E-state index contributed by atoms with van der Waals surface area (Å²) in [4.78, 5) is 19.3. The van der Waals surface area contributed by atoms with E-state index in [9.17, 15) is 4.79 Å². The first kappa shape index (κ1) is 15.3. The second kappa shape index (κ2) is 5.88. The van der Waals surface area contributed by atoms with Gasteiger partial charge in [-0.1, -0.05) is 13.8 Å². The zero-order valence-corrected chi connectivity index (χ0v) is 14.1. The fourth-order valence-corrected chi connectivity index (χ4v) is 4.19. The Kier molecular flexibility index (Phi) is 4.28. The summed E-state index contributed by atoms with van der Waals surface area (Å²) in [6.07, 6.45) is 0. The third-order valence-corrected chi connectivity index (χ3v) is 5.78. The molecule has 1 unspecified atom stereocenters. The molecule has 0 bridgehead atoms. The average Bonchev–Trinajstić information content (AvgIpc) is 2.90. The van der Waals surface area contributed by atoms with Gasteiger partial charge in [0.25, 0.3) is 0 Å². The van der Waals surface area contributed by atoms with Crippen LogP contribution in [0.4, 0.5) is 0 Å². The van der Waals surface area contributed by atoms with Gasteiger partial charge in [0.1, 0.15) is 0 Å². The predicted molar refractivity (Wildman–Crippen MR) is 85.0 cm³/mol. The van der Waals surface area contributed by atoms with Crippen molar-refractivity contribution in [3.05, 3.63) is 0 Å². The first-order valence-corrected chi connectivity index (χ1v) is 8.72. The van der Waals surface area contributed by atoms with Crippen LogP contribution < -0.4 is 0 Å². The monoisotopic (exact) mass is 293 g/mol. The Morgan fingerprint density at radius 1 is 1.00 bits per heavy atom. The Bertz CT molecular complexity index is 375. The molecule has 3 aliphatic rings. The number of amides is 1. The van der Waals surface area contributed by atoms with Crippen LogP contribution in [0.2, 0.25) is 0 Å². The van der Waals surface area contributed by atoms with E-state index in [1.807, 2.05) is 13.8 Å². The number of nitrogens with zero attached hydrogens (tertiary/aromatic N) is 3. The van der Waals surface area contributed by atoms with Crippen molar-refractivity contribution in [2.24, 2.45) is 23.7 Å². The van der Waals surface area contributed by atoms with E-state index in [2.05, 4.69) is 28.5 Å². The summed E-state index contributed by atoms with van der Waals surface area (Å²) in [5.74, 6) is 3.32. The standard InChI is InChI=1S/C17H31N3O/c1-12(2)17(21)19-7-5-18(6-8-19)9-14-15-10-20(13(3)4)11-16(14)15/h12-16H,5-11H2,1-4H3/t14?,15-,16+. The second-order valence-corrected chi connectivity index (χ2v) is 7.82. The van der Waals surface area contributed by atoms with Gasteiger partial charge in [0, 0.05) is 57.8 Å². The van der Waals surface area contributed by atoms with E-state index in [-0.39, 0.29) is 5.92 Å². The first-order chi connectivity index (χ1) is 9.97. The Balaban J connectivity index is 1.39. The van der Waals surface area contributed by atoms with Gasteiger partial charge in [-0.2, -0.15) is 0 Å². The highest BCUT2D eigenvalue weighted by Gasteiger charge is 2.55. The third-order valence-electron chi connectivity index (χ3n) is 5.78. The quantitative estimate of drug-likeness (QED) is 0.783. The van der Waals surface area contributed by atoms with Crippen molar-refractivity contribution >= 4 is 5.91 Å². The number of fused-ring (bicyclic) bond motifs is 1. The van der Waals surface area contributed by atoms with Crippen LogP contribution in [-0.4, -0.2) is 72.5 Å². The minimum absolute atomic E-state index is 0.140. The first-order valence-electron chi connectivity index (χ1n) is 8.72. The minimum Gasteiger partial charge on any atom is -0.340 e. The molecular formula is C17H31N3O. The molecule has 0 aromatic heterocycles. The molecule has 2 saturated heterocycles. The lowest BCUT2D eigenvalue weighted by atomic mass is 10.1. The number of piperidine rings is 1. The SMILES string of the molecule is CC(C)C(=O)N1CCN(CC2[C@H]3CN(C(C)C)C[C@@H]23)CC1. The van der Waals surface area contributed by atoms with E-state index >= 15 is 0 Å². The number of carbonyl (C=O) groups is 1. The molecule has 0 radical (unpaired) electrons. The van der Waals surface area contributed by atoms with Gasteiger partial charge in [-0.25, -0.2) is 0 Å². The van der Waals surface area contributed by atoms with Crippen molar-refractivity contribution in [2.75, 3.05) is 45.8 Å². The number of likely N-dealkylation sites (tertiary alicyclic amines) is 1. The van der Waals surface area contributed by atoms with Gasteiger partial charge in [-0.05, 0) is 31.6 Å². The van der Waals surface area contributed by atoms with Gasteiger partial charge in [-0.3, -0.25) is 9.69 Å². The maximum absolute atomic E-state index is 12.0. The fourth-order valence-electron chi connectivity index (χ4n) is 4.19. The number of piperazine rings is 1. The molecule has 21 heavy (non-hydrogen) atoms. The number of rotatable bonds is 4. The van der Waals surface area contributed by atoms with Crippen molar-refractivity contribution in [3.8, 4) is 0 Å². The van der Waals surface area contributed by atoms with Crippen molar-refractivity contribution in [1.29, 1.82) is 0 Å². The molecule has 0 N–H and O–H groups in total. The summed E-state index contributed by atoms with van der Waals surface area (Å²) >= 11 is 0. The molecule has 0 aromatic carbocycles. The van der Waals surface area contributed by atoms with Crippen LogP contribution in [0.1, 0.15) is 27.7 Å². The van der Waals surface area contributed by atoms with Crippen LogP contribution in [0, 0.1) is 23.7 Å². The summed E-state index contributed by atoms with van der Waals surface area (Å²) in [6.45, 7) is 16.5. The largest absolute Gasteiger partial charge is 0.340 e. The summed E-state index contributed by atoms with van der Waals surface area (Å²) in [7, 11) is 0. The highest BCUT2D eigenvalue weighted by molar-refractivity contribution is 5.78. The van der Waals surface area contributed by atoms with Crippen molar-refractivity contribution in [3.63, 3.8) is 0 Å².